The molecule has 2 aromatic rings. The van der Waals surface area contributed by atoms with E-state index in [4.69, 9.17) is 0 Å². The predicted octanol–water partition coefficient (Wildman–Crippen LogP) is 3.43. The van der Waals surface area contributed by atoms with Crippen molar-refractivity contribution < 1.29 is 9.18 Å². The monoisotopic (exact) mass is 412 g/mol. The lowest BCUT2D eigenvalue weighted by atomic mass is 9.96. The Morgan fingerprint density at radius 2 is 1.70 bits per heavy atom. The van der Waals surface area contributed by atoms with Crippen LogP contribution in [0.4, 0.5) is 10.2 Å². The summed E-state index contributed by atoms with van der Waals surface area (Å²) >= 11 is 0. The van der Waals surface area contributed by atoms with Gasteiger partial charge in [-0.15, -0.1) is 5.10 Å². The van der Waals surface area contributed by atoms with Gasteiger partial charge in [0.15, 0.2) is 0 Å². The minimum atomic E-state index is -0.360. The minimum absolute atomic E-state index is 0.0741. The van der Waals surface area contributed by atoms with Gasteiger partial charge < -0.3 is 10.2 Å². The van der Waals surface area contributed by atoms with Crippen LogP contribution in [0.25, 0.3) is 5.69 Å². The molecule has 0 radical (unpaired) electrons. The van der Waals surface area contributed by atoms with E-state index in [1.54, 1.807) is 6.07 Å². The Morgan fingerprint density at radius 1 is 0.967 bits per heavy atom. The van der Waals surface area contributed by atoms with Gasteiger partial charge in [-0.1, -0.05) is 25.7 Å². The van der Waals surface area contributed by atoms with E-state index in [0.717, 1.165) is 32.2 Å². The van der Waals surface area contributed by atoms with E-state index < -0.39 is 0 Å². The third-order valence-electron chi connectivity index (χ3n) is 6.18. The quantitative estimate of drug-likeness (QED) is 0.782. The lowest BCUT2D eigenvalue weighted by Crippen LogP contribution is -2.46. The van der Waals surface area contributed by atoms with Gasteiger partial charge >= 0.3 is 0 Å². The summed E-state index contributed by atoms with van der Waals surface area (Å²) in [6.45, 7) is 1.38. The van der Waals surface area contributed by atoms with Crippen molar-refractivity contribution in [2.24, 2.45) is 5.92 Å². The van der Waals surface area contributed by atoms with Crippen LogP contribution >= 0.6 is 0 Å². The molecule has 1 N–H and O–H groups in total. The van der Waals surface area contributed by atoms with Crippen molar-refractivity contribution in [3.63, 3.8) is 0 Å². The molecule has 1 aromatic heterocycles. The molecule has 1 aliphatic heterocycles. The van der Waals surface area contributed by atoms with Crippen LogP contribution in [0.5, 0.6) is 0 Å². The first-order valence-electron chi connectivity index (χ1n) is 11.0. The molecule has 7 heteroatoms. The molecular weight excluding hydrogens is 383 g/mol. The molecule has 0 spiro atoms. The van der Waals surface area contributed by atoms with E-state index in [0.29, 0.717) is 24.1 Å². The topological polar surface area (TPSA) is 67.2 Å². The smallest absolute Gasteiger partial charge is 0.271 e. The number of hydrogen-bond acceptors (Lipinski definition) is 4. The SMILES string of the molecule is O=C(NC1CCCCCC1)C1CCCN(c2ccc(=O)n(-c3ccc(F)cc3)n2)C1. The van der Waals surface area contributed by atoms with Crippen LogP contribution in [-0.2, 0) is 4.79 Å². The molecule has 30 heavy (non-hydrogen) atoms. The number of carbonyl (C=O) groups excluding carboxylic acids is 1. The summed E-state index contributed by atoms with van der Waals surface area (Å²) in [5, 5.41) is 7.77. The van der Waals surface area contributed by atoms with Crippen LogP contribution in [0, 0.1) is 11.7 Å². The van der Waals surface area contributed by atoms with Crippen LogP contribution in [0.3, 0.4) is 0 Å². The van der Waals surface area contributed by atoms with Gasteiger partial charge in [0.05, 0.1) is 11.6 Å². The van der Waals surface area contributed by atoms with Crippen molar-refractivity contribution >= 4 is 11.7 Å². The molecule has 1 atom stereocenters. The first-order chi connectivity index (χ1) is 14.6. The molecule has 1 aromatic carbocycles. The van der Waals surface area contributed by atoms with Crippen molar-refractivity contribution in [3.05, 3.63) is 52.6 Å². The highest BCUT2D eigenvalue weighted by Crippen LogP contribution is 2.23. The number of piperidine rings is 1. The zero-order valence-electron chi connectivity index (χ0n) is 17.2. The Morgan fingerprint density at radius 3 is 2.43 bits per heavy atom. The number of halogens is 1. The summed E-state index contributed by atoms with van der Waals surface area (Å²) in [7, 11) is 0. The molecule has 1 unspecified atom stereocenters. The first kappa shape index (κ1) is 20.6. The zero-order chi connectivity index (χ0) is 20.9. The molecule has 0 bridgehead atoms. The molecule has 2 fully saturated rings. The van der Waals surface area contributed by atoms with Crippen molar-refractivity contribution in [1.82, 2.24) is 15.1 Å². The maximum Gasteiger partial charge on any atom is 0.271 e. The van der Waals surface area contributed by atoms with E-state index in [-0.39, 0.29) is 23.2 Å². The fraction of sp³-hybridized carbons (Fsp3) is 0.522. The fourth-order valence-electron chi connectivity index (χ4n) is 4.48. The summed E-state index contributed by atoms with van der Waals surface area (Å²) in [4.78, 5) is 27.2. The maximum atomic E-state index is 13.2. The van der Waals surface area contributed by atoms with Crippen molar-refractivity contribution in [2.45, 2.75) is 57.4 Å². The van der Waals surface area contributed by atoms with E-state index >= 15 is 0 Å². The van der Waals surface area contributed by atoms with Crippen LogP contribution in [0.1, 0.15) is 51.4 Å². The summed E-state index contributed by atoms with van der Waals surface area (Å²) in [5.41, 5.74) is 0.243. The molecule has 1 aliphatic carbocycles. The number of benzene rings is 1. The molecule has 2 heterocycles. The second-order valence-electron chi connectivity index (χ2n) is 8.40. The van der Waals surface area contributed by atoms with Gasteiger partial charge in [0.2, 0.25) is 5.91 Å². The molecule has 4 rings (SSSR count). The Bertz CT molecular complexity index is 920. The van der Waals surface area contributed by atoms with Crippen LogP contribution < -0.4 is 15.8 Å². The molecule has 1 saturated heterocycles. The van der Waals surface area contributed by atoms with Gasteiger partial charge in [0.1, 0.15) is 11.6 Å². The van der Waals surface area contributed by atoms with Gasteiger partial charge in [0.25, 0.3) is 5.56 Å². The van der Waals surface area contributed by atoms with Gasteiger partial charge in [-0.3, -0.25) is 9.59 Å². The van der Waals surface area contributed by atoms with Crippen LogP contribution in [0.15, 0.2) is 41.2 Å². The minimum Gasteiger partial charge on any atom is -0.354 e. The lowest BCUT2D eigenvalue weighted by molar-refractivity contribution is -0.126. The average Bonchev–Trinajstić information content (AvgIpc) is 3.03. The number of nitrogens with one attached hydrogen (secondary N) is 1. The van der Waals surface area contributed by atoms with Crippen LogP contribution in [-0.4, -0.2) is 34.8 Å². The van der Waals surface area contributed by atoms with Gasteiger partial charge in [-0.2, -0.15) is 4.68 Å². The van der Waals surface area contributed by atoms with Crippen molar-refractivity contribution in [2.75, 3.05) is 18.0 Å². The molecule has 1 saturated carbocycles. The van der Waals surface area contributed by atoms with E-state index in [1.165, 1.54) is 60.7 Å². The van der Waals surface area contributed by atoms with E-state index in [9.17, 15) is 14.0 Å². The molecule has 6 nitrogen and oxygen atoms in total. The average molecular weight is 413 g/mol. The summed E-state index contributed by atoms with van der Waals surface area (Å²) in [5.74, 6) is 0.362. The van der Waals surface area contributed by atoms with Gasteiger partial charge in [0, 0.05) is 25.2 Å². The Balaban J connectivity index is 1.46. The molecule has 2 aliphatic rings. The Labute approximate surface area is 176 Å². The summed E-state index contributed by atoms with van der Waals surface area (Å²) < 4.78 is 14.5. The lowest BCUT2D eigenvalue weighted by Gasteiger charge is -2.33. The number of anilines is 1. The highest BCUT2D eigenvalue weighted by atomic mass is 19.1. The number of nitrogens with zero attached hydrogens (tertiary/aromatic N) is 3. The maximum absolute atomic E-state index is 13.2. The van der Waals surface area contributed by atoms with E-state index in [1.807, 2.05) is 0 Å². The summed E-state index contributed by atoms with van der Waals surface area (Å²) in [6, 6.07) is 9.17. The molecule has 160 valence electrons. The van der Waals surface area contributed by atoms with Crippen molar-refractivity contribution in [3.8, 4) is 5.69 Å². The Hall–Kier alpha value is -2.70. The van der Waals surface area contributed by atoms with Crippen molar-refractivity contribution in [1.29, 1.82) is 0 Å². The summed E-state index contributed by atoms with van der Waals surface area (Å²) in [6.07, 6.45) is 8.83. The zero-order valence-corrected chi connectivity index (χ0v) is 17.2. The third kappa shape index (κ3) is 4.89. The number of aromatic nitrogens is 2. The third-order valence-corrected chi connectivity index (χ3v) is 6.18. The second kappa shape index (κ2) is 9.41. The van der Waals surface area contributed by atoms with E-state index in [2.05, 4.69) is 15.3 Å². The normalized spacial score (nSPS) is 20.6. The highest BCUT2D eigenvalue weighted by Gasteiger charge is 2.28. The number of rotatable bonds is 4. The first-order valence-corrected chi connectivity index (χ1v) is 11.0. The predicted molar refractivity (Wildman–Crippen MR) is 114 cm³/mol. The fourth-order valence-corrected chi connectivity index (χ4v) is 4.48. The Kier molecular flexibility index (Phi) is 6.45. The number of hydrogen-bond donors (Lipinski definition) is 1. The number of carbonyl (C=O) groups is 1. The second-order valence-corrected chi connectivity index (χ2v) is 8.40. The molecular formula is C23H29FN4O2. The number of amides is 1. The highest BCUT2D eigenvalue weighted by molar-refractivity contribution is 5.79. The standard InChI is InChI=1S/C23H29FN4O2/c24-18-9-11-20(12-10-18)28-22(29)14-13-21(26-28)27-15-5-6-17(16-27)23(30)25-19-7-3-1-2-4-8-19/h9-14,17,19H,1-8,15-16H2,(H,25,30). The van der Waals surface area contributed by atoms with Gasteiger partial charge in [-0.05, 0) is 56.0 Å². The van der Waals surface area contributed by atoms with Gasteiger partial charge in [-0.25, -0.2) is 4.39 Å². The largest absolute Gasteiger partial charge is 0.354 e. The molecule has 1 amide bonds. The van der Waals surface area contributed by atoms with Crippen LogP contribution in [0.2, 0.25) is 0 Å².